The van der Waals surface area contributed by atoms with Gasteiger partial charge in [-0.15, -0.1) is 0 Å². The summed E-state index contributed by atoms with van der Waals surface area (Å²) in [7, 11) is -0.947. The molecule has 1 amide bonds. The van der Waals surface area contributed by atoms with E-state index >= 15 is 0 Å². The Morgan fingerprint density at radius 1 is 0.833 bits per heavy atom. The first-order chi connectivity index (χ1) is 20.0. The summed E-state index contributed by atoms with van der Waals surface area (Å²) >= 11 is 0. The van der Waals surface area contributed by atoms with Crippen LogP contribution in [0.5, 0.6) is 11.5 Å². The number of carbonyl (C=O) groups excluding carboxylic acids is 1. The summed E-state index contributed by atoms with van der Waals surface area (Å²) in [6.07, 6.45) is -3.55. The van der Waals surface area contributed by atoms with E-state index in [1.807, 2.05) is 6.07 Å². The molecule has 0 spiro atoms. The summed E-state index contributed by atoms with van der Waals surface area (Å²) in [4.78, 5) is 13.3. The topological polar surface area (TPSA) is 93.7 Å². The molecule has 5 rings (SSSR count). The molecular formula is C31H27F3N2O5S. The second-order valence-corrected chi connectivity index (χ2v) is 11.5. The number of sulfonamides is 1. The summed E-state index contributed by atoms with van der Waals surface area (Å²) in [5, 5.41) is 2.86. The van der Waals surface area contributed by atoms with Crippen LogP contribution < -0.4 is 19.5 Å². The fraction of sp³-hybridized carbons (Fsp3) is 0.194. The maximum absolute atomic E-state index is 13.2. The Balaban J connectivity index is 1.29. The largest absolute Gasteiger partial charge is 0.493 e. The smallest absolute Gasteiger partial charge is 0.416 e. The number of halogens is 3. The molecule has 1 aliphatic rings. The number of anilines is 1. The van der Waals surface area contributed by atoms with Gasteiger partial charge < -0.3 is 14.8 Å². The molecule has 2 N–H and O–H groups in total. The van der Waals surface area contributed by atoms with Crippen LogP contribution in [0.4, 0.5) is 18.9 Å². The molecule has 4 aromatic carbocycles. The minimum absolute atomic E-state index is 0.0516. The summed E-state index contributed by atoms with van der Waals surface area (Å²) in [6, 6.07) is 20.7. The number of methoxy groups -OCH3 is 2. The highest BCUT2D eigenvalue weighted by molar-refractivity contribution is 7.89. The van der Waals surface area contributed by atoms with E-state index < -0.39 is 27.7 Å². The normalized spacial score (nSPS) is 14.7. The summed E-state index contributed by atoms with van der Waals surface area (Å²) in [6.45, 7) is 0. The van der Waals surface area contributed by atoms with Crippen LogP contribution in [0.15, 0.2) is 89.8 Å². The number of rotatable bonds is 8. The predicted octanol–water partition coefficient (Wildman–Crippen LogP) is 6.09. The molecule has 0 fully saturated rings. The van der Waals surface area contributed by atoms with Gasteiger partial charge in [0.25, 0.3) is 5.91 Å². The van der Waals surface area contributed by atoms with E-state index in [1.54, 1.807) is 36.4 Å². The molecule has 0 heterocycles. The van der Waals surface area contributed by atoms with E-state index in [0.29, 0.717) is 46.7 Å². The highest BCUT2D eigenvalue weighted by Gasteiger charge is 2.30. The van der Waals surface area contributed by atoms with Gasteiger partial charge in [-0.05, 0) is 77.6 Å². The van der Waals surface area contributed by atoms with Crippen molar-refractivity contribution in [2.45, 2.75) is 30.0 Å². The summed E-state index contributed by atoms with van der Waals surface area (Å²) in [5.41, 5.74) is 2.88. The number of alkyl halides is 3. The zero-order valence-electron chi connectivity index (χ0n) is 22.7. The first kappa shape index (κ1) is 29.2. The number of ether oxygens (including phenoxy) is 2. The molecule has 7 nitrogen and oxygen atoms in total. The Hall–Kier alpha value is -4.35. The van der Waals surface area contributed by atoms with Crippen molar-refractivity contribution >= 4 is 21.6 Å². The monoisotopic (exact) mass is 596 g/mol. The van der Waals surface area contributed by atoms with E-state index in [2.05, 4.69) is 10.0 Å². The number of amides is 1. The van der Waals surface area contributed by atoms with Crippen molar-refractivity contribution in [3.8, 4) is 22.6 Å². The van der Waals surface area contributed by atoms with Crippen LogP contribution >= 0.6 is 0 Å². The molecule has 1 unspecified atom stereocenters. The molecule has 0 radical (unpaired) electrons. The van der Waals surface area contributed by atoms with Crippen LogP contribution in [0.2, 0.25) is 0 Å². The number of hydrogen-bond acceptors (Lipinski definition) is 5. The van der Waals surface area contributed by atoms with Gasteiger partial charge in [-0.1, -0.05) is 36.4 Å². The van der Waals surface area contributed by atoms with E-state index in [1.165, 1.54) is 44.6 Å². The molecule has 1 aliphatic carbocycles. The number of carbonyl (C=O) groups is 1. The van der Waals surface area contributed by atoms with Gasteiger partial charge in [0.2, 0.25) is 10.0 Å². The van der Waals surface area contributed by atoms with E-state index in [9.17, 15) is 26.4 Å². The quantitative estimate of drug-likeness (QED) is 0.257. The Bertz CT molecular complexity index is 1740. The Morgan fingerprint density at radius 3 is 2.21 bits per heavy atom. The van der Waals surface area contributed by atoms with Crippen LogP contribution in [-0.4, -0.2) is 34.6 Å². The van der Waals surface area contributed by atoms with Crippen molar-refractivity contribution in [3.05, 3.63) is 107 Å². The van der Waals surface area contributed by atoms with Crippen molar-refractivity contribution < 1.29 is 35.9 Å². The first-order valence-corrected chi connectivity index (χ1v) is 14.4. The third-order valence-corrected chi connectivity index (χ3v) is 8.60. The number of nitrogens with one attached hydrogen (secondary N) is 2. The lowest BCUT2D eigenvalue weighted by atomic mass is 9.98. The Morgan fingerprint density at radius 2 is 1.52 bits per heavy atom. The molecule has 0 bridgehead atoms. The van der Waals surface area contributed by atoms with Crippen molar-refractivity contribution in [1.29, 1.82) is 0 Å². The minimum atomic E-state index is -4.45. The maximum Gasteiger partial charge on any atom is 0.416 e. The predicted molar refractivity (Wildman–Crippen MR) is 152 cm³/mol. The molecule has 0 saturated carbocycles. The maximum atomic E-state index is 13.2. The van der Waals surface area contributed by atoms with E-state index in [4.69, 9.17) is 9.47 Å². The average Bonchev–Trinajstić information content (AvgIpc) is 3.37. The van der Waals surface area contributed by atoms with Gasteiger partial charge in [0.05, 0.1) is 24.7 Å². The molecule has 218 valence electrons. The number of fused-ring (bicyclic) bond motifs is 1. The fourth-order valence-electron chi connectivity index (χ4n) is 5.02. The third kappa shape index (κ3) is 6.12. The van der Waals surface area contributed by atoms with Gasteiger partial charge in [-0.3, -0.25) is 4.79 Å². The van der Waals surface area contributed by atoms with E-state index in [0.717, 1.165) is 23.3 Å². The highest BCUT2D eigenvalue weighted by Crippen LogP contribution is 2.33. The average molecular weight is 597 g/mol. The van der Waals surface area contributed by atoms with Crippen LogP contribution in [0.1, 0.15) is 27.0 Å². The highest BCUT2D eigenvalue weighted by atomic mass is 32.2. The molecule has 0 aromatic heterocycles. The molecule has 1 atom stereocenters. The number of benzene rings is 4. The van der Waals surface area contributed by atoms with Gasteiger partial charge in [-0.2, -0.15) is 13.2 Å². The van der Waals surface area contributed by atoms with Gasteiger partial charge in [-0.25, -0.2) is 13.1 Å². The zero-order valence-corrected chi connectivity index (χ0v) is 23.5. The van der Waals surface area contributed by atoms with Crippen molar-refractivity contribution in [1.82, 2.24) is 4.72 Å². The number of hydrogen-bond donors (Lipinski definition) is 2. The van der Waals surface area contributed by atoms with Gasteiger partial charge in [0, 0.05) is 23.4 Å². The zero-order chi connectivity index (χ0) is 30.1. The van der Waals surface area contributed by atoms with Crippen molar-refractivity contribution in [3.63, 3.8) is 0 Å². The Kier molecular flexibility index (Phi) is 7.98. The molecule has 0 saturated heterocycles. The second kappa shape index (κ2) is 11.5. The minimum Gasteiger partial charge on any atom is -0.493 e. The van der Waals surface area contributed by atoms with Crippen molar-refractivity contribution in [2.24, 2.45) is 0 Å². The lowest BCUT2D eigenvalue weighted by molar-refractivity contribution is -0.137. The Labute approximate surface area is 241 Å². The van der Waals surface area contributed by atoms with Crippen LogP contribution in [0, 0.1) is 0 Å². The van der Waals surface area contributed by atoms with Gasteiger partial charge >= 0.3 is 6.18 Å². The summed E-state index contributed by atoms with van der Waals surface area (Å²) in [5.74, 6) is 0.297. The van der Waals surface area contributed by atoms with Crippen LogP contribution in [-0.2, 0) is 29.0 Å². The van der Waals surface area contributed by atoms with Gasteiger partial charge in [0.15, 0.2) is 11.5 Å². The molecule has 4 aromatic rings. The van der Waals surface area contributed by atoms with Crippen molar-refractivity contribution in [2.75, 3.05) is 19.5 Å². The SMILES string of the molecule is COc1ccc(S(=O)(=O)NC2Cc3ccc(NC(=O)c4ccccc4-c4ccc(C(F)(F)F)cc4)cc3C2)cc1OC. The second-order valence-electron chi connectivity index (χ2n) is 9.80. The fourth-order valence-corrected chi connectivity index (χ4v) is 6.27. The lowest BCUT2D eigenvalue weighted by Crippen LogP contribution is -2.35. The molecule has 11 heteroatoms. The van der Waals surface area contributed by atoms with Crippen LogP contribution in [0.25, 0.3) is 11.1 Å². The lowest BCUT2D eigenvalue weighted by Gasteiger charge is -2.14. The standard InChI is InChI=1S/C31H27F3N2O5S/c1-40-28-14-13-25(18-29(28)41-2)42(38,39)36-24-15-20-9-12-23(16-21(20)17-24)35-30(37)27-6-4-3-5-26(27)19-7-10-22(11-8-19)31(32,33)34/h3-14,16,18,24,36H,15,17H2,1-2H3,(H,35,37). The van der Waals surface area contributed by atoms with Gasteiger partial charge in [0.1, 0.15) is 0 Å². The molecule has 42 heavy (non-hydrogen) atoms. The summed E-state index contributed by atoms with van der Waals surface area (Å²) < 4.78 is 78.3. The first-order valence-electron chi connectivity index (χ1n) is 12.9. The molecule has 0 aliphatic heterocycles. The van der Waals surface area contributed by atoms with E-state index in [-0.39, 0.29) is 10.9 Å². The molecular weight excluding hydrogens is 569 g/mol. The van der Waals surface area contributed by atoms with Crippen LogP contribution in [0.3, 0.4) is 0 Å². The third-order valence-electron chi connectivity index (χ3n) is 7.08.